The molecule has 1 N–H and O–H groups in total. The van der Waals surface area contributed by atoms with E-state index in [0.29, 0.717) is 0 Å². The van der Waals surface area contributed by atoms with Crippen LogP contribution in [0.25, 0.3) is 10.8 Å². The Hall–Kier alpha value is -2.08. The third-order valence-corrected chi connectivity index (χ3v) is 4.70. The fourth-order valence-corrected chi connectivity index (χ4v) is 3.23. The van der Waals surface area contributed by atoms with Gasteiger partial charge in [-0.05, 0) is 48.2 Å². The minimum Gasteiger partial charge on any atom is -0.287 e. The number of hydrogen-bond donors (Lipinski definition) is 1. The Labute approximate surface area is 144 Å². The summed E-state index contributed by atoms with van der Waals surface area (Å²) >= 11 is 0. The monoisotopic (exact) mass is 350 g/mol. The molecule has 0 aromatic heterocycles. The number of nitrogens with one attached hydrogen (secondary N) is 1. The minimum absolute atomic E-state index is 0.00302. The summed E-state index contributed by atoms with van der Waals surface area (Å²) in [6.45, 7) is 5.29. The summed E-state index contributed by atoms with van der Waals surface area (Å²) in [6.07, 6.45) is -3.68. The Bertz CT molecular complexity index is 814. The number of fused-ring (bicyclic) bond motifs is 1. The van der Waals surface area contributed by atoms with Gasteiger partial charge in [0.15, 0.2) is 0 Å². The quantitative estimate of drug-likeness (QED) is 0.891. The third kappa shape index (κ3) is 3.35. The summed E-state index contributed by atoms with van der Waals surface area (Å²) in [5.74, 6) is -0.393. The van der Waals surface area contributed by atoms with Gasteiger partial charge in [0, 0.05) is 6.54 Å². The van der Waals surface area contributed by atoms with Gasteiger partial charge in [0.1, 0.15) is 6.04 Å². The van der Waals surface area contributed by atoms with E-state index in [4.69, 9.17) is 0 Å². The Morgan fingerprint density at radius 3 is 2.40 bits per heavy atom. The zero-order chi connectivity index (χ0) is 18.4. The lowest BCUT2D eigenvalue weighted by Gasteiger charge is -2.30. The number of rotatable bonds is 3. The number of hydrazine groups is 1. The van der Waals surface area contributed by atoms with Gasteiger partial charge < -0.3 is 0 Å². The first kappa shape index (κ1) is 17.7. The van der Waals surface area contributed by atoms with Crippen molar-refractivity contribution in [3.05, 3.63) is 47.5 Å². The molecule has 3 rings (SSSR count). The number of hydrogen-bond acceptors (Lipinski definition) is 2. The van der Waals surface area contributed by atoms with Crippen LogP contribution in [0.5, 0.6) is 0 Å². The van der Waals surface area contributed by atoms with Crippen LogP contribution in [0.1, 0.15) is 37.9 Å². The van der Waals surface area contributed by atoms with Crippen LogP contribution in [0.3, 0.4) is 0 Å². The lowest BCUT2D eigenvalue weighted by molar-refractivity contribution is -0.191. The molecule has 0 saturated carbocycles. The summed E-state index contributed by atoms with van der Waals surface area (Å²) in [5.41, 5.74) is 2.75. The van der Waals surface area contributed by atoms with Crippen LogP contribution in [0, 0.1) is 5.41 Å². The maximum atomic E-state index is 13.8. The number of amides is 1. The van der Waals surface area contributed by atoms with Crippen LogP contribution in [0.15, 0.2) is 36.4 Å². The zero-order valence-corrected chi connectivity index (χ0v) is 14.4. The molecule has 0 unspecified atom stereocenters. The molecule has 1 amide bonds. The molecule has 2 aromatic carbocycles. The van der Waals surface area contributed by atoms with Crippen molar-refractivity contribution in [1.82, 2.24) is 10.4 Å². The Morgan fingerprint density at radius 1 is 1.16 bits per heavy atom. The van der Waals surface area contributed by atoms with Crippen molar-refractivity contribution in [1.29, 1.82) is 0 Å². The van der Waals surface area contributed by atoms with Crippen LogP contribution >= 0.6 is 0 Å². The molecule has 134 valence electrons. The lowest BCUT2D eigenvalue weighted by Crippen LogP contribution is -2.43. The number of aryl methyl sites for hydroxylation is 1. The van der Waals surface area contributed by atoms with Gasteiger partial charge in [0.2, 0.25) is 5.91 Å². The van der Waals surface area contributed by atoms with Crippen molar-refractivity contribution in [3.8, 4) is 0 Å². The average molecular weight is 350 g/mol. The van der Waals surface area contributed by atoms with Gasteiger partial charge in [-0.2, -0.15) is 13.2 Å². The van der Waals surface area contributed by atoms with Crippen molar-refractivity contribution >= 4 is 16.7 Å². The van der Waals surface area contributed by atoms with Crippen LogP contribution in [-0.2, 0) is 11.2 Å². The standard InChI is InChI=1S/C19H21F3N2O/c1-4-12-5-6-13-7-8-14(10-15(13)9-12)16(19(20,21)22)24-11-18(2,3)17(25)23-24/h5-10,16H,4,11H2,1-3H3,(H,23,25)/t16-/m0/s1. The molecular weight excluding hydrogens is 329 g/mol. The van der Waals surface area contributed by atoms with E-state index in [-0.39, 0.29) is 12.1 Å². The molecule has 1 fully saturated rings. The number of carbonyl (C=O) groups is 1. The molecule has 3 nitrogen and oxygen atoms in total. The normalized spacial score (nSPS) is 19.2. The molecule has 0 radical (unpaired) electrons. The van der Waals surface area contributed by atoms with Gasteiger partial charge in [0.05, 0.1) is 5.41 Å². The zero-order valence-electron chi connectivity index (χ0n) is 14.4. The van der Waals surface area contributed by atoms with E-state index in [1.807, 2.05) is 25.1 Å². The summed E-state index contributed by atoms with van der Waals surface area (Å²) in [5, 5.41) is 2.68. The van der Waals surface area contributed by atoms with Crippen molar-refractivity contribution < 1.29 is 18.0 Å². The van der Waals surface area contributed by atoms with E-state index in [1.54, 1.807) is 26.0 Å². The predicted octanol–water partition coefficient (Wildman–Crippen LogP) is 4.38. The number of halogens is 3. The van der Waals surface area contributed by atoms with Crippen LogP contribution in [-0.4, -0.2) is 23.6 Å². The van der Waals surface area contributed by atoms with Gasteiger partial charge in [-0.3, -0.25) is 10.2 Å². The third-order valence-electron chi connectivity index (χ3n) is 4.70. The Balaban J connectivity index is 2.05. The first-order valence-corrected chi connectivity index (χ1v) is 8.29. The number of nitrogens with zero attached hydrogens (tertiary/aromatic N) is 1. The fourth-order valence-electron chi connectivity index (χ4n) is 3.23. The SMILES string of the molecule is CCc1ccc2ccc([C@H](N3CC(C)(C)C(=O)N3)C(F)(F)F)cc2c1. The summed E-state index contributed by atoms with van der Waals surface area (Å²) in [6, 6.07) is 8.71. The van der Waals surface area contributed by atoms with E-state index in [0.717, 1.165) is 27.8 Å². The molecule has 1 saturated heterocycles. The van der Waals surface area contributed by atoms with Crippen LogP contribution in [0.2, 0.25) is 0 Å². The number of benzene rings is 2. The molecule has 1 atom stereocenters. The highest BCUT2D eigenvalue weighted by Crippen LogP contribution is 2.41. The highest BCUT2D eigenvalue weighted by atomic mass is 19.4. The van der Waals surface area contributed by atoms with Crippen LogP contribution < -0.4 is 5.43 Å². The van der Waals surface area contributed by atoms with E-state index < -0.39 is 23.5 Å². The predicted molar refractivity (Wildman–Crippen MR) is 90.8 cm³/mol. The Kier molecular flexibility index (Phi) is 4.27. The molecule has 2 aromatic rings. The highest BCUT2D eigenvalue weighted by Gasteiger charge is 2.51. The second-order valence-corrected chi connectivity index (χ2v) is 7.19. The maximum Gasteiger partial charge on any atom is 0.409 e. The highest BCUT2D eigenvalue weighted by molar-refractivity contribution is 5.85. The van der Waals surface area contributed by atoms with Crippen molar-refractivity contribution in [2.24, 2.45) is 5.41 Å². The summed E-state index contributed by atoms with van der Waals surface area (Å²) < 4.78 is 41.4. The van der Waals surface area contributed by atoms with Crippen molar-refractivity contribution in [3.63, 3.8) is 0 Å². The number of carbonyl (C=O) groups excluding carboxylic acids is 1. The molecule has 0 bridgehead atoms. The van der Waals surface area contributed by atoms with E-state index in [1.165, 1.54) is 6.07 Å². The topological polar surface area (TPSA) is 32.3 Å². The van der Waals surface area contributed by atoms with Crippen molar-refractivity contribution in [2.75, 3.05) is 6.54 Å². The van der Waals surface area contributed by atoms with Gasteiger partial charge in [-0.25, -0.2) is 5.01 Å². The summed E-state index contributed by atoms with van der Waals surface area (Å²) in [4.78, 5) is 11.9. The smallest absolute Gasteiger partial charge is 0.287 e. The second kappa shape index (κ2) is 6.02. The Morgan fingerprint density at radius 2 is 1.84 bits per heavy atom. The fraction of sp³-hybridized carbons (Fsp3) is 0.421. The van der Waals surface area contributed by atoms with E-state index >= 15 is 0 Å². The average Bonchev–Trinajstić information content (AvgIpc) is 2.78. The maximum absolute atomic E-state index is 13.8. The van der Waals surface area contributed by atoms with Gasteiger partial charge in [-0.1, -0.05) is 37.3 Å². The minimum atomic E-state index is -4.50. The molecule has 1 aliphatic rings. The van der Waals surface area contributed by atoms with Crippen molar-refractivity contribution in [2.45, 2.75) is 39.4 Å². The first-order chi connectivity index (χ1) is 11.6. The molecule has 0 aliphatic carbocycles. The number of alkyl halides is 3. The molecule has 0 spiro atoms. The van der Waals surface area contributed by atoms with Gasteiger partial charge in [0.25, 0.3) is 0 Å². The van der Waals surface area contributed by atoms with Crippen LogP contribution in [0.4, 0.5) is 13.2 Å². The van der Waals surface area contributed by atoms with Gasteiger partial charge in [-0.15, -0.1) is 0 Å². The van der Waals surface area contributed by atoms with Gasteiger partial charge >= 0.3 is 6.18 Å². The lowest BCUT2D eigenvalue weighted by atomic mass is 9.93. The second-order valence-electron chi connectivity index (χ2n) is 7.19. The molecule has 6 heteroatoms. The molecule has 1 heterocycles. The summed E-state index contributed by atoms with van der Waals surface area (Å²) in [7, 11) is 0. The van der Waals surface area contributed by atoms with E-state index in [9.17, 15) is 18.0 Å². The molecular formula is C19H21F3N2O. The molecule has 1 aliphatic heterocycles. The molecule has 25 heavy (non-hydrogen) atoms. The first-order valence-electron chi connectivity index (χ1n) is 8.29. The largest absolute Gasteiger partial charge is 0.409 e. The van der Waals surface area contributed by atoms with E-state index in [2.05, 4.69) is 5.43 Å².